The van der Waals surface area contributed by atoms with Crippen LogP contribution < -0.4 is 0 Å². The Morgan fingerprint density at radius 3 is 1.00 bits per heavy atom. The van der Waals surface area contributed by atoms with Gasteiger partial charge in [0.25, 0.3) is 0 Å². The Labute approximate surface area is 382 Å². The van der Waals surface area contributed by atoms with Crippen LogP contribution in [0.15, 0.2) is 85.1 Å². The molecule has 0 aromatic rings. The minimum absolute atomic E-state index is 0.0942. The zero-order chi connectivity index (χ0) is 45.1. The molecule has 62 heavy (non-hydrogen) atoms. The smallest absolute Gasteiger partial charge is 0.306 e. The van der Waals surface area contributed by atoms with E-state index in [2.05, 4.69) is 106 Å². The summed E-state index contributed by atoms with van der Waals surface area (Å²) in [6.07, 6.45) is 64.2. The number of carbonyl (C=O) groups excluding carboxylic acids is 3. The number of rotatable bonds is 45. The van der Waals surface area contributed by atoms with Gasteiger partial charge in [-0.05, 0) is 109 Å². The Kier molecular flexibility index (Phi) is 47.5. The van der Waals surface area contributed by atoms with E-state index < -0.39 is 6.10 Å². The van der Waals surface area contributed by atoms with Crippen molar-refractivity contribution in [3.8, 4) is 0 Å². The van der Waals surface area contributed by atoms with E-state index in [9.17, 15) is 14.4 Å². The zero-order valence-corrected chi connectivity index (χ0v) is 40.4. The molecule has 0 aromatic heterocycles. The summed E-state index contributed by atoms with van der Waals surface area (Å²) in [5.74, 6) is -0.938. The third-order valence-electron chi connectivity index (χ3n) is 10.6. The van der Waals surface area contributed by atoms with Crippen molar-refractivity contribution in [2.45, 2.75) is 239 Å². The van der Waals surface area contributed by atoms with Gasteiger partial charge in [-0.2, -0.15) is 0 Å². The Bertz CT molecular complexity index is 1220. The highest BCUT2D eigenvalue weighted by molar-refractivity contribution is 5.71. The maximum absolute atomic E-state index is 12.8. The summed E-state index contributed by atoms with van der Waals surface area (Å²) in [5, 5.41) is 0. The van der Waals surface area contributed by atoms with Gasteiger partial charge in [0.15, 0.2) is 6.10 Å². The fraction of sp³-hybridized carbons (Fsp3) is 0.696. The molecule has 0 radical (unpaired) electrons. The van der Waals surface area contributed by atoms with E-state index in [-0.39, 0.29) is 31.1 Å². The van der Waals surface area contributed by atoms with Gasteiger partial charge in [0.2, 0.25) is 0 Å². The molecule has 0 saturated heterocycles. The van der Waals surface area contributed by atoms with E-state index in [4.69, 9.17) is 14.2 Å². The molecule has 0 saturated carbocycles. The van der Waals surface area contributed by atoms with Crippen LogP contribution in [0.25, 0.3) is 0 Å². The van der Waals surface area contributed by atoms with Crippen molar-refractivity contribution in [1.29, 1.82) is 0 Å². The summed E-state index contributed by atoms with van der Waals surface area (Å²) in [5.41, 5.74) is 0. The number of allylic oxidation sites excluding steroid dienone is 14. The Morgan fingerprint density at radius 1 is 0.339 bits per heavy atom. The third kappa shape index (κ3) is 47.6. The van der Waals surface area contributed by atoms with E-state index in [0.717, 1.165) is 141 Å². The number of hydrogen-bond donors (Lipinski definition) is 0. The summed E-state index contributed by atoms with van der Waals surface area (Å²) >= 11 is 0. The molecule has 0 aliphatic carbocycles. The lowest BCUT2D eigenvalue weighted by molar-refractivity contribution is -0.167. The van der Waals surface area contributed by atoms with Gasteiger partial charge in [-0.15, -0.1) is 0 Å². The monoisotopic (exact) mass is 863 g/mol. The molecule has 354 valence electrons. The van der Waals surface area contributed by atoms with Crippen molar-refractivity contribution in [1.82, 2.24) is 0 Å². The lowest BCUT2D eigenvalue weighted by Crippen LogP contribution is -2.30. The van der Waals surface area contributed by atoms with Gasteiger partial charge in [0.05, 0.1) is 0 Å². The minimum Gasteiger partial charge on any atom is -0.462 e. The number of esters is 3. The third-order valence-corrected chi connectivity index (χ3v) is 10.6. The maximum Gasteiger partial charge on any atom is 0.306 e. The van der Waals surface area contributed by atoms with Crippen LogP contribution in [-0.4, -0.2) is 37.2 Å². The first-order valence-electron chi connectivity index (χ1n) is 25.6. The molecular weight excluding hydrogens is 769 g/mol. The highest BCUT2D eigenvalue weighted by atomic mass is 16.6. The average Bonchev–Trinajstić information content (AvgIpc) is 3.27. The Balaban J connectivity index is 4.46. The van der Waals surface area contributed by atoms with Gasteiger partial charge in [-0.3, -0.25) is 14.4 Å². The molecule has 0 bridgehead atoms. The van der Waals surface area contributed by atoms with Crippen molar-refractivity contribution in [3.05, 3.63) is 85.1 Å². The molecule has 0 rings (SSSR count). The second-order valence-corrected chi connectivity index (χ2v) is 16.7. The highest BCUT2D eigenvalue weighted by Gasteiger charge is 2.19. The van der Waals surface area contributed by atoms with Crippen LogP contribution in [0.4, 0.5) is 0 Å². The van der Waals surface area contributed by atoms with E-state index in [0.29, 0.717) is 19.3 Å². The molecule has 0 aliphatic rings. The van der Waals surface area contributed by atoms with Crippen LogP contribution in [0.5, 0.6) is 0 Å². The van der Waals surface area contributed by atoms with Crippen LogP contribution in [-0.2, 0) is 28.6 Å². The zero-order valence-electron chi connectivity index (χ0n) is 40.4. The first kappa shape index (κ1) is 58.6. The fourth-order valence-electron chi connectivity index (χ4n) is 6.82. The molecule has 0 N–H and O–H groups in total. The number of hydrogen-bond acceptors (Lipinski definition) is 6. The van der Waals surface area contributed by atoms with Gasteiger partial charge in [-0.25, -0.2) is 0 Å². The quantitative estimate of drug-likeness (QED) is 0.0263. The van der Waals surface area contributed by atoms with Gasteiger partial charge < -0.3 is 14.2 Å². The van der Waals surface area contributed by atoms with Crippen molar-refractivity contribution < 1.29 is 28.6 Å². The summed E-state index contributed by atoms with van der Waals surface area (Å²) in [6, 6.07) is 0. The standard InChI is InChI=1S/C56H94O6/c1-4-7-10-13-16-19-22-25-28-31-34-37-40-43-46-49-55(58)61-52-53(51-60-54(57)48-45-42-39-36-33-30-27-24-21-18-15-12-9-6-3)62-56(59)50-47-44-41-38-35-32-29-26-23-20-17-14-11-8-5-2/h7-8,10-11,16-17,19-20,24-29,53H,4-6,9,12-15,18,21-23,30-52H2,1-3H3/b10-7+,11-8+,19-16+,20-17+,27-24+,28-25+,29-26+/t53-/m1/s1. The largest absolute Gasteiger partial charge is 0.462 e. The van der Waals surface area contributed by atoms with E-state index in [1.807, 2.05) is 0 Å². The summed E-state index contributed by atoms with van der Waals surface area (Å²) < 4.78 is 16.8. The first-order chi connectivity index (χ1) is 30.5. The molecule has 0 spiro atoms. The van der Waals surface area contributed by atoms with Crippen LogP contribution in [0, 0.1) is 0 Å². The molecule has 6 heteroatoms. The average molecular weight is 863 g/mol. The van der Waals surface area contributed by atoms with Gasteiger partial charge >= 0.3 is 17.9 Å². The van der Waals surface area contributed by atoms with Crippen LogP contribution >= 0.6 is 0 Å². The number of ether oxygens (including phenoxy) is 3. The van der Waals surface area contributed by atoms with Crippen molar-refractivity contribution in [2.24, 2.45) is 0 Å². The molecule has 0 heterocycles. The maximum atomic E-state index is 12.8. The van der Waals surface area contributed by atoms with Crippen molar-refractivity contribution in [2.75, 3.05) is 13.2 Å². The molecular formula is C56H94O6. The molecule has 6 nitrogen and oxygen atoms in total. The van der Waals surface area contributed by atoms with Crippen LogP contribution in [0.3, 0.4) is 0 Å². The Morgan fingerprint density at radius 2 is 0.629 bits per heavy atom. The molecule has 0 unspecified atom stereocenters. The molecule has 0 amide bonds. The number of carbonyl (C=O) groups is 3. The molecule has 0 aromatic carbocycles. The molecule has 0 fully saturated rings. The van der Waals surface area contributed by atoms with Crippen molar-refractivity contribution >= 4 is 17.9 Å². The predicted molar refractivity (Wildman–Crippen MR) is 265 cm³/mol. The molecule has 0 aliphatic heterocycles. The van der Waals surface area contributed by atoms with Crippen LogP contribution in [0.2, 0.25) is 0 Å². The molecule has 1 atom stereocenters. The van der Waals surface area contributed by atoms with Crippen molar-refractivity contribution in [3.63, 3.8) is 0 Å². The van der Waals surface area contributed by atoms with E-state index >= 15 is 0 Å². The summed E-state index contributed by atoms with van der Waals surface area (Å²) in [4.78, 5) is 38.0. The second-order valence-electron chi connectivity index (χ2n) is 16.7. The van der Waals surface area contributed by atoms with Gasteiger partial charge in [-0.1, -0.05) is 189 Å². The minimum atomic E-state index is -0.796. The van der Waals surface area contributed by atoms with E-state index in [1.165, 1.54) is 51.4 Å². The normalized spacial score (nSPS) is 12.8. The first-order valence-corrected chi connectivity index (χ1v) is 25.6. The Hall–Kier alpha value is -3.41. The summed E-state index contributed by atoms with van der Waals surface area (Å²) in [7, 11) is 0. The van der Waals surface area contributed by atoms with E-state index in [1.54, 1.807) is 0 Å². The highest BCUT2D eigenvalue weighted by Crippen LogP contribution is 2.13. The lowest BCUT2D eigenvalue weighted by atomic mass is 10.1. The number of unbranched alkanes of at least 4 members (excludes halogenated alkanes) is 20. The van der Waals surface area contributed by atoms with Gasteiger partial charge in [0, 0.05) is 19.3 Å². The predicted octanol–water partition coefficient (Wildman–Crippen LogP) is 16.8. The lowest BCUT2D eigenvalue weighted by Gasteiger charge is -2.18. The fourth-order valence-corrected chi connectivity index (χ4v) is 6.82. The topological polar surface area (TPSA) is 78.9 Å². The SMILES string of the molecule is CC/C=C/C/C=C/C/C=C/CCCCCCCC(=O)OC[C@@H](COC(=O)CCCCCCC/C=C/CCCCCCC)OC(=O)CCCCCCC/C=C/C/C=C/C/C=C/CC. The van der Waals surface area contributed by atoms with Crippen LogP contribution in [0.1, 0.15) is 233 Å². The second kappa shape index (κ2) is 50.2. The van der Waals surface area contributed by atoms with Gasteiger partial charge in [0.1, 0.15) is 13.2 Å². The summed E-state index contributed by atoms with van der Waals surface area (Å²) in [6.45, 7) is 6.36.